The molecule has 0 amide bonds. The minimum atomic E-state index is -0.798. The van der Waals surface area contributed by atoms with Crippen LogP contribution in [0.4, 0.5) is 8.78 Å². The first-order chi connectivity index (χ1) is 6.25. The number of halogens is 2. The summed E-state index contributed by atoms with van der Waals surface area (Å²) in [5.74, 6) is -0.262. The Morgan fingerprint density at radius 1 is 1.38 bits per heavy atom. The van der Waals surface area contributed by atoms with Gasteiger partial charge in [-0.25, -0.2) is 8.78 Å². The highest BCUT2D eigenvalue weighted by atomic mass is 19.1. The summed E-state index contributed by atoms with van der Waals surface area (Å²) in [6, 6.07) is 6.29. The molecule has 1 N–H and O–H groups in total. The standard InChI is InChI=1S/C10H11F2N/c11-8-3-1-2-7(4-8)10-5-9(12)6-13-10/h1-4,9-10,13H,5-6H2/t9-,10+/m1/s1. The van der Waals surface area contributed by atoms with E-state index in [4.69, 9.17) is 0 Å². The van der Waals surface area contributed by atoms with E-state index in [2.05, 4.69) is 5.32 Å². The Bertz CT molecular complexity index is 301. The first-order valence-corrected chi connectivity index (χ1v) is 4.38. The summed E-state index contributed by atoms with van der Waals surface area (Å²) in [7, 11) is 0. The van der Waals surface area contributed by atoms with E-state index in [1.807, 2.05) is 6.07 Å². The largest absolute Gasteiger partial charge is 0.307 e. The Labute approximate surface area is 75.8 Å². The zero-order valence-electron chi connectivity index (χ0n) is 7.13. The third-order valence-electron chi connectivity index (χ3n) is 2.33. The summed E-state index contributed by atoms with van der Waals surface area (Å²) >= 11 is 0. The van der Waals surface area contributed by atoms with Gasteiger partial charge in [-0.05, 0) is 24.1 Å². The SMILES string of the molecule is Fc1cccc([C@@H]2C[C@@H](F)CN2)c1. The lowest BCUT2D eigenvalue weighted by molar-refractivity contribution is 0.356. The van der Waals surface area contributed by atoms with Crippen LogP contribution in [-0.2, 0) is 0 Å². The number of hydrogen-bond acceptors (Lipinski definition) is 1. The monoisotopic (exact) mass is 183 g/mol. The van der Waals surface area contributed by atoms with Gasteiger partial charge in [0.05, 0.1) is 0 Å². The normalized spacial score (nSPS) is 27.8. The zero-order valence-corrected chi connectivity index (χ0v) is 7.13. The van der Waals surface area contributed by atoms with E-state index >= 15 is 0 Å². The molecular formula is C10H11F2N. The van der Waals surface area contributed by atoms with E-state index in [-0.39, 0.29) is 11.9 Å². The molecule has 0 aromatic heterocycles. The van der Waals surface area contributed by atoms with Crippen LogP contribution in [0.5, 0.6) is 0 Å². The van der Waals surface area contributed by atoms with Gasteiger partial charge in [-0.1, -0.05) is 12.1 Å². The number of alkyl halides is 1. The minimum absolute atomic E-state index is 0.0225. The van der Waals surface area contributed by atoms with Gasteiger partial charge in [0.2, 0.25) is 0 Å². The maximum Gasteiger partial charge on any atom is 0.123 e. The Balaban J connectivity index is 2.16. The van der Waals surface area contributed by atoms with Gasteiger partial charge >= 0.3 is 0 Å². The number of hydrogen-bond donors (Lipinski definition) is 1. The molecule has 1 heterocycles. The molecule has 0 radical (unpaired) electrons. The van der Waals surface area contributed by atoms with Crippen LogP contribution in [0.3, 0.4) is 0 Å². The summed E-state index contributed by atoms with van der Waals surface area (Å²) in [4.78, 5) is 0. The summed E-state index contributed by atoms with van der Waals surface area (Å²) in [6.07, 6.45) is -0.350. The predicted molar refractivity (Wildman–Crippen MR) is 46.7 cm³/mol. The molecule has 1 aliphatic rings. The quantitative estimate of drug-likeness (QED) is 0.703. The average molecular weight is 183 g/mol. The zero-order chi connectivity index (χ0) is 9.26. The van der Waals surface area contributed by atoms with Crippen molar-refractivity contribution in [3.63, 3.8) is 0 Å². The lowest BCUT2D eigenvalue weighted by atomic mass is 10.1. The molecule has 2 atom stereocenters. The molecular weight excluding hydrogens is 172 g/mol. The highest BCUT2D eigenvalue weighted by molar-refractivity contribution is 5.21. The van der Waals surface area contributed by atoms with Gasteiger partial charge < -0.3 is 5.32 Å². The first-order valence-electron chi connectivity index (χ1n) is 4.38. The Morgan fingerprint density at radius 3 is 2.85 bits per heavy atom. The molecule has 1 nitrogen and oxygen atoms in total. The molecule has 0 spiro atoms. The smallest absolute Gasteiger partial charge is 0.123 e. The molecule has 0 saturated carbocycles. The maximum absolute atomic E-state index is 12.8. The number of nitrogens with one attached hydrogen (secondary N) is 1. The van der Waals surface area contributed by atoms with Crippen molar-refractivity contribution in [3.8, 4) is 0 Å². The summed E-state index contributed by atoms with van der Waals surface area (Å²) in [5.41, 5.74) is 0.833. The van der Waals surface area contributed by atoms with E-state index in [0.29, 0.717) is 13.0 Å². The van der Waals surface area contributed by atoms with Gasteiger partial charge in [0.15, 0.2) is 0 Å². The molecule has 3 heteroatoms. The second-order valence-electron chi connectivity index (χ2n) is 3.35. The molecule has 1 aliphatic heterocycles. The fraction of sp³-hybridized carbons (Fsp3) is 0.400. The van der Waals surface area contributed by atoms with Crippen molar-refractivity contribution in [2.75, 3.05) is 6.54 Å². The molecule has 1 aromatic carbocycles. The van der Waals surface area contributed by atoms with Crippen LogP contribution in [0, 0.1) is 5.82 Å². The third kappa shape index (κ3) is 1.86. The average Bonchev–Trinajstić information content (AvgIpc) is 2.52. The molecule has 13 heavy (non-hydrogen) atoms. The molecule has 70 valence electrons. The summed E-state index contributed by atoms with van der Waals surface area (Å²) in [6.45, 7) is 0.376. The van der Waals surface area contributed by atoms with Crippen molar-refractivity contribution in [3.05, 3.63) is 35.6 Å². The number of benzene rings is 1. The number of rotatable bonds is 1. The lowest BCUT2D eigenvalue weighted by Crippen LogP contribution is -2.13. The van der Waals surface area contributed by atoms with Crippen LogP contribution in [0.25, 0.3) is 0 Å². The molecule has 0 unspecified atom stereocenters. The van der Waals surface area contributed by atoms with E-state index < -0.39 is 6.17 Å². The Morgan fingerprint density at radius 2 is 2.23 bits per heavy atom. The molecule has 1 saturated heterocycles. The minimum Gasteiger partial charge on any atom is -0.307 e. The van der Waals surface area contributed by atoms with Crippen molar-refractivity contribution in [2.24, 2.45) is 0 Å². The van der Waals surface area contributed by atoms with Crippen LogP contribution >= 0.6 is 0 Å². The molecule has 1 fully saturated rings. The van der Waals surface area contributed by atoms with Gasteiger partial charge in [-0.2, -0.15) is 0 Å². The van der Waals surface area contributed by atoms with E-state index in [0.717, 1.165) is 5.56 Å². The first kappa shape index (κ1) is 8.63. The fourth-order valence-corrected chi connectivity index (χ4v) is 1.67. The lowest BCUT2D eigenvalue weighted by Gasteiger charge is -2.09. The van der Waals surface area contributed by atoms with Gasteiger partial charge in [-0.3, -0.25) is 0 Å². The molecule has 2 rings (SSSR count). The molecule has 1 aromatic rings. The van der Waals surface area contributed by atoms with Crippen molar-refractivity contribution in [1.82, 2.24) is 5.32 Å². The molecule has 0 aliphatic carbocycles. The maximum atomic E-state index is 12.8. The van der Waals surface area contributed by atoms with Gasteiger partial charge in [0, 0.05) is 12.6 Å². The van der Waals surface area contributed by atoms with Crippen LogP contribution in [-0.4, -0.2) is 12.7 Å². The highest BCUT2D eigenvalue weighted by Crippen LogP contribution is 2.25. The Kier molecular flexibility index (Phi) is 2.27. The van der Waals surface area contributed by atoms with E-state index in [1.54, 1.807) is 6.07 Å². The van der Waals surface area contributed by atoms with Crippen LogP contribution in [0.1, 0.15) is 18.0 Å². The van der Waals surface area contributed by atoms with E-state index in [9.17, 15) is 8.78 Å². The predicted octanol–water partition coefficient (Wildman–Crippen LogP) is 2.20. The third-order valence-corrected chi connectivity index (χ3v) is 2.33. The fourth-order valence-electron chi connectivity index (χ4n) is 1.67. The van der Waals surface area contributed by atoms with Crippen LogP contribution in [0.15, 0.2) is 24.3 Å². The van der Waals surface area contributed by atoms with Gasteiger partial charge in [-0.15, -0.1) is 0 Å². The topological polar surface area (TPSA) is 12.0 Å². The summed E-state index contributed by atoms with van der Waals surface area (Å²) in [5, 5.41) is 3.01. The van der Waals surface area contributed by atoms with Crippen molar-refractivity contribution in [2.45, 2.75) is 18.6 Å². The van der Waals surface area contributed by atoms with Crippen LogP contribution < -0.4 is 5.32 Å². The van der Waals surface area contributed by atoms with Crippen molar-refractivity contribution < 1.29 is 8.78 Å². The van der Waals surface area contributed by atoms with Gasteiger partial charge in [0.25, 0.3) is 0 Å². The second-order valence-corrected chi connectivity index (χ2v) is 3.35. The van der Waals surface area contributed by atoms with Crippen molar-refractivity contribution >= 4 is 0 Å². The van der Waals surface area contributed by atoms with Crippen LogP contribution in [0.2, 0.25) is 0 Å². The highest BCUT2D eigenvalue weighted by Gasteiger charge is 2.24. The Hall–Kier alpha value is -0.960. The van der Waals surface area contributed by atoms with Gasteiger partial charge in [0.1, 0.15) is 12.0 Å². The second kappa shape index (κ2) is 3.42. The van der Waals surface area contributed by atoms with E-state index in [1.165, 1.54) is 12.1 Å². The van der Waals surface area contributed by atoms with Crippen molar-refractivity contribution in [1.29, 1.82) is 0 Å². The summed E-state index contributed by atoms with van der Waals surface area (Å²) < 4.78 is 25.6. The molecule has 0 bridgehead atoms.